The number of hydrogen-bond donors (Lipinski definition) is 2. The lowest BCUT2D eigenvalue weighted by atomic mass is 9.77. The molecule has 10 nitrogen and oxygen atoms in total. The molecule has 2 aliphatic rings. The third-order valence-corrected chi connectivity index (χ3v) is 6.54. The molecule has 0 saturated heterocycles. The second-order valence-corrected chi connectivity index (χ2v) is 8.37. The number of phenolic OH excluding ortho intramolecular Hbond substituents is 1. The molecule has 2 aromatic carbocycles. The van der Waals surface area contributed by atoms with E-state index < -0.39 is 6.04 Å². The molecule has 0 bridgehead atoms. The summed E-state index contributed by atoms with van der Waals surface area (Å²) in [5, 5.41) is 17.8. The largest absolute Gasteiger partial charge is 0.504 e. The first-order valence-electron chi connectivity index (χ1n) is 11.1. The molecule has 2 N–H and O–H groups in total. The van der Waals surface area contributed by atoms with Crippen LogP contribution in [0.25, 0.3) is 0 Å². The number of Topliss-reactive ketones (excluding diaryl/α,β-unsaturated/α-hetero) is 1. The second-order valence-electron chi connectivity index (χ2n) is 8.37. The van der Waals surface area contributed by atoms with Crippen LogP contribution in [-0.4, -0.2) is 54.1 Å². The van der Waals surface area contributed by atoms with Crippen LogP contribution in [0.5, 0.6) is 28.7 Å². The van der Waals surface area contributed by atoms with Gasteiger partial charge in [-0.15, -0.1) is 0 Å². The van der Waals surface area contributed by atoms with Gasteiger partial charge in [0.15, 0.2) is 28.8 Å². The van der Waals surface area contributed by atoms with E-state index in [-0.39, 0.29) is 17.5 Å². The van der Waals surface area contributed by atoms with Crippen molar-refractivity contribution >= 4 is 11.7 Å². The first-order valence-corrected chi connectivity index (χ1v) is 11.1. The number of fused-ring (bicyclic) bond motifs is 1. The Labute approximate surface area is 202 Å². The van der Waals surface area contributed by atoms with Crippen LogP contribution < -0.4 is 24.3 Å². The lowest BCUT2D eigenvalue weighted by Crippen LogP contribution is -2.33. The molecule has 0 radical (unpaired) electrons. The number of allylic oxidation sites excluding steroid dienone is 2. The molecule has 182 valence electrons. The van der Waals surface area contributed by atoms with Crippen LogP contribution >= 0.6 is 0 Å². The fourth-order valence-electron chi connectivity index (χ4n) is 4.90. The second kappa shape index (κ2) is 8.86. The molecular formula is C25H26N4O6. The molecule has 10 heteroatoms. The Morgan fingerprint density at radius 3 is 2.29 bits per heavy atom. The van der Waals surface area contributed by atoms with Gasteiger partial charge in [0.25, 0.3) is 0 Å². The summed E-state index contributed by atoms with van der Waals surface area (Å²) < 4.78 is 23.5. The van der Waals surface area contributed by atoms with Crippen molar-refractivity contribution in [2.75, 3.05) is 33.8 Å². The number of ether oxygens (including phenoxy) is 4. The van der Waals surface area contributed by atoms with Crippen LogP contribution in [-0.2, 0) is 4.79 Å². The van der Waals surface area contributed by atoms with Gasteiger partial charge in [0, 0.05) is 17.7 Å². The summed E-state index contributed by atoms with van der Waals surface area (Å²) in [6, 6.07) is 8.32. The molecule has 0 fully saturated rings. The average Bonchev–Trinajstić information content (AvgIpc) is 3.35. The molecule has 0 spiro atoms. The highest BCUT2D eigenvalue weighted by Crippen LogP contribution is 2.47. The Balaban J connectivity index is 1.58. The monoisotopic (exact) mass is 478 g/mol. The van der Waals surface area contributed by atoms with E-state index in [2.05, 4.69) is 15.4 Å². The molecule has 5 rings (SSSR count). The highest BCUT2D eigenvalue weighted by Gasteiger charge is 2.40. The van der Waals surface area contributed by atoms with E-state index in [9.17, 15) is 9.90 Å². The standard InChI is InChI=1S/C25H26N4O6/c1-32-19-9-13(5-6-17(19)30)23-22-16(28-25-26-12-27-29(23)25)7-14(8-18(22)31)15-10-20(33-2)24(35-4)21(11-15)34-3/h5-6,9-12,14,23,30H,7-8H2,1-4H3,(H,26,27,28)/t14-,23-/m1/s1. The Hall–Kier alpha value is -4.21. The van der Waals surface area contributed by atoms with Gasteiger partial charge < -0.3 is 29.4 Å². The van der Waals surface area contributed by atoms with Gasteiger partial charge >= 0.3 is 0 Å². The van der Waals surface area contributed by atoms with E-state index in [1.807, 2.05) is 12.1 Å². The van der Waals surface area contributed by atoms with Gasteiger partial charge in [0.2, 0.25) is 11.7 Å². The first kappa shape index (κ1) is 22.6. The average molecular weight is 479 g/mol. The maximum absolute atomic E-state index is 13.7. The molecule has 2 atom stereocenters. The Morgan fingerprint density at radius 1 is 0.943 bits per heavy atom. The van der Waals surface area contributed by atoms with Crippen molar-refractivity contribution in [2.45, 2.75) is 24.8 Å². The number of benzene rings is 2. The number of anilines is 1. The number of carbonyl (C=O) groups excluding carboxylic acids is 1. The quantitative estimate of drug-likeness (QED) is 0.549. The lowest BCUT2D eigenvalue weighted by molar-refractivity contribution is -0.116. The fourth-order valence-corrected chi connectivity index (χ4v) is 4.90. The number of nitrogens with one attached hydrogen (secondary N) is 1. The zero-order chi connectivity index (χ0) is 24.7. The molecule has 1 aliphatic heterocycles. The smallest absolute Gasteiger partial charge is 0.226 e. The summed E-state index contributed by atoms with van der Waals surface area (Å²) in [5.41, 5.74) is 3.09. The van der Waals surface area contributed by atoms with Crippen molar-refractivity contribution in [3.8, 4) is 28.7 Å². The number of rotatable bonds is 6. The molecule has 0 amide bonds. The Kier molecular flexibility index (Phi) is 5.72. The van der Waals surface area contributed by atoms with Crippen LogP contribution in [0.1, 0.15) is 35.9 Å². The third-order valence-electron chi connectivity index (χ3n) is 6.54. The summed E-state index contributed by atoms with van der Waals surface area (Å²) in [5.74, 6) is 2.37. The maximum Gasteiger partial charge on any atom is 0.226 e. The van der Waals surface area contributed by atoms with Crippen LogP contribution in [0.4, 0.5) is 5.95 Å². The van der Waals surface area contributed by atoms with Gasteiger partial charge in [-0.2, -0.15) is 10.1 Å². The lowest BCUT2D eigenvalue weighted by Gasteiger charge is -2.35. The van der Waals surface area contributed by atoms with Crippen molar-refractivity contribution < 1.29 is 28.8 Å². The van der Waals surface area contributed by atoms with E-state index in [1.54, 1.807) is 44.2 Å². The van der Waals surface area contributed by atoms with Gasteiger partial charge in [0.1, 0.15) is 12.4 Å². The predicted octanol–water partition coefficient (Wildman–Crippen LogP) is 3.43. The minimum Gasteiger partial charge on any atom is -0.504 e. The van der Waals surface area contributed by atoms with Crippen molar-refractivity contribution in [3.05, 3.63) is 59.1 Å². The number of nitrogens with zero attached hydrogens (tertiary/aromatic N) is 3. The van der Waals surface area contributed by atoms with Gasteiger partial charge in [-0.1, -0.05) is 6.07 Å². The molecular weight excluding hydrogens is 452 g/mol. The van der Waals surface area contributed by atoms with Crippen molar-refractivity contribution in [1.82, 2.24) is 14.8 Å². The van der Waals surface area contributed by atoms with Gasteiger partial charge in [-0.05, 0) is 47.7 Å². The SMILES string of the molecule is COc1cc([C@@H]2C3=C(C[C@@H](c4cc(OC)c(OC)c(OC)c4)CC3=O)Nc3ncnn32)ccc1O. The van der Waals surface area contributed by atoms with Crippen LogP contribution in [0.15, 0.2) is 47.9 Å². The minimum atomic E-state index is -0.494. The fraction of sp³-hybridized carbons (Fsp3) is 0.320. The summed E-state index contributed by atoms with van der Waals surface area (Å²) >= 11 is 0. The van der Waals surface area contributed by atoms with E-state index in [0.29, 0.717) is 47.4 Å². The number of aromatic hydroxyl groups is 1. The van der Waals surface area contributed by atoms with E-state index in [1.165, 1.54) is 13.4 Å². The highest BCUT2D eigenvalue weighted by molar-refractivity contribution is 6.00. The van der Waals surface area contributed by atoms with Gasteiger partial charge in [-0.3, -0.25) is 4.79 Å². The van der Waals surface area contributed by atoms with Crippen molar-refractivity contribution in [1.29, 1.82) is 0 Å². The topological polar surface area (TPSA) is 117 Å². The van der Waals surface area contributed by atoms with Crippen molar-refractivity contribution in [2.24, 2.45) is 0 Å². The van der Waals surface area contributed by atoms with E-state index in [4.69, 9.17) is 18.9 Å². The number of ketones is 1. The van der Waals surface area contributed by atoms with Crippen LogP contribution in [0, 0.1) is 0 Å². The number of carbonyl (C=O) groups is 1. The van der Waals surface area contributed by atoms with Gasteiger partial charge in [0.05, 0.1) is 28.4 Å². The van der Waals surface area contributed by atoms with E-state index >= 15 is 0 Å². The summed E-state index contributed by atoms with van der Waals surface area (Å²) in [6.07, 6.45) is 2.33. The highest BCUT2D eigenvalue weighted by atomic mass is 16.5. The molecule has 0 unspecified atom stereocenters. The zero-order valence-electron chi connectivity index (χ0n) is 19.9. The molecule has 3 aromatic rings. The normalized spacial score (nSPS) is 18.9. The van der Waals surface area contributed by atoms with Crippen molar-refractivity contribution in [3.63, 3.8) is 0 Å². The maximum atomic E-state index is 13.7. The molecule has 1 aromatic heterocycles. The Morgan fingerprint density at radius 2 is 1.63 bits per heavy atom. The number of methoxy groups -OCH3 is 4. The number of aromatic nitrogens is 3. The molecule has 35 heavy (non-hydrogen) atoms. The zero-order valence-corrected chi connectivity index (χ0v) is 19.9. The number of hydrogen-bond acceptors (Lipinski definition) is 9. The molecule has 2 heterocycles. The number of phenols is 1. The molecule has 0 saturated carbocycles. The summed E-state index contributed by atoms with van der Waals surface area (Å²) in [6.45, 7) is 0. The predicted molar refractivity (Wildman–Crippen MR) is 127 cm³/mol. The Bertz CT molecular complexity index is 1310. The van der Waals surface area contributed by atoms with Crippen LogP contribution in [0.3, 0.4) is 0 Å². The third kappa shape index (κ3) is 3.71. The van der Waals surface area contributed by atoms with E-state index in [0.717, 1.165) is 16.8 Å². The minimum absolute atomic E-state index is 0.00399. The van der Waals surface area contributed by atoms with Gasteiger partial charge in [-0.25, -0.2) is 4.68 Å². The summed E-state index contributed by atoms with van der Waals surface area (Å²) in [7, 11) is 6.18. The molecule has 1 aliphatic carbocycles. The summed E-state index contributed by atoms with van der Waals surface area (Å²) in [4.78, 5) is 18.0. The first-order chi connectivity index (χ1) is 17.0. The van der Waals surface area contributed by atoms with Crippen LogP contribution in [0.2, 0.25) is 0 Å².